The van der Waals surface area contributed by atoms with Gasteiger partial charge in [-0.05, 0) is 53.2 Å². The topological polar surface area (TPSA) is 71.3 Å². The second-order valence-electron chi connectivity index (χ2n) is 4.37. The minimum Gasteiger partial charge on any atom is -0.478 e. The summed E-state index contributed by atoms with van der Waals surface area (Å²) in [5.74, 6) is -1.33. The number of amides is 1. The van der Waals surface area contributed by atoms with Gasteiger partial charge in [-0.3, -0.25) is 4.79 Å². The van der Waals surface area contributed by atoms with Crippen LogP contribution in [0.2, 0.25) is 0 Å². The molecule has 1 heterocycles. The van der Waals surface area contributed by atoms with Crippen LogP contribution in [0.1, 0.15) is 26.5 Å². The van der Waals surface area contributed by atoms with Crippen molar-refractivity contribution in [1.82, 2.24) is 4.57 Å². The molecule has 0 radical (unpaired) electrons. The molecule has 1 amide bonds. The Labute approximate surface area is 124 Å². The summed E-state index contributed by atoms with van der Waals surface area (Å²) in [6.07, 6.45) is 0. The molecule has 0 saturated carbocycles. The van der Waals surface area contributed by atoms with Crippen molar-refractivity contribution < 1.29 is 14.7 Å². The molecular formula is C14H13BrN2O3. The summed E-state index contributed by atoms with van der Waals surface area (Å²) in [6.45, 7) is 1.90. The standard InChI is InChI=1S/C14H13BrN2O3/c1-8-3-6-12(17(8)2)13(18)16-9-4-5-11(15)10(7-9)14(19)20/h3-7H,1-2H3,(H,16,18)(H,19,20). The number of carbonyl (C=O) groups excluding carboxylic acids is 1. The Morgan fingerprint density at radius 3 is 2.50 bits per heavy atom. The van der Waals surface area contributed by atoms with Crippen LogP contribution in [0, 0.1) is 6.92 Å². The van der Waals surface area contributed by atoms with Crippen molar-refractivity contribution in [3.63, 3.8) is 0 Å². The smallest absolute Gasteiger partial charge is 0.336 e. The molecule has 20 heavy (non-hydrogen) atoms. The van der Waals surface area contributed by atoms with Crippen LogP contribution in [0.4, 0.5) is 5.69 Å². The summed E-state index contributed by atoms with van der Waals surface area (Å²) in [7, 11) is 1.80. The predicted molar refractivity (Wildman–Crippen MR) is 79.2 cm³/mol. The summed E-state index contributed by atoms with van der Waals surface area (Å²) in [4.78, 5) is 23.2. The highest BCUT2D eigenvalue weighted by atomic mass is 79.9. The maximum atomic E-state index is 12.1. The third-order valence-corrected chi connectivity index (χ3v) is 3.75. The van der Waals surface area contributed by atoms with Crippen LogP contribution in [-0.4, -0.2) is 21.6 Å². The van der Waals surface area contributed by atoms with Crippen molar-refractivity contribution in [3.05, 3.63) is 51.8 Å². The number of carboxylic acids is 1. The third-order valence-electron chi connectivity index (χ3n) is 3.06. The Balaban J connectivity index is 2.26. The molecule has 2 N–H and O–H groups in total. The summed E-state index contributed by atoms with van der Waals surface area (Å²) in [5.41, 5.74) is 2.03. The van der Waals surface area contributed by atoms with Gasteiger partial charge in [0, 0.05) is 22.9 Å². The predicted octanol–water partition coefficient (Wildman–Crippen LogP) is 3.05. The molecule has 2 aromatic rings. The van der Waals surface area contributed by atoms with Crippen molar-refractivity contribution in [2.75, 3.05) is 5.32 Å². The number of carbonyl (C=O) groups is 2. The van der Waals surface area contributed by atoms with Gasteiger partial charge in [0.1, 0.15) is 5.69 Å². The summed E-state index contributed by atoms with van der Waals surface area (Å²) in [6, 6.07) is 8.22. The van der Waals surface area contributed by atoms with Crippen molar-refractivity contribution in [1.29, 1.82) is 0 Å². The van der Waals surface area contributed by atoms with E-state index in [9.17, 15) is 9.59 Å². The molecule has 1 aromatic heterocycles. The van der Waals surface area contributed by atoms with E-state index in [2.05, 4.69) is 21.2 Å². The normalized spacial score (nSPS) is 10.3. The molecule has 0 atom stereocenters. The van der Waals surface area contributed by atoms with Gasteiger partial charge in [0.15, 0.2) is 0 Å². The molecule has 6 heteroatoms. The number of aryl methyl sites for hydroxylation is 1. The molecule has 5 nitrogen and oxygen atoms in total. The Bertz CT molecular complexity index is 692. The summed E-state index contributed by atoms with van der Waals surface area (Å²) in [5, 5.41) is 11.7. The van der Waals surface area contributed by atoms with Gasteiger partial charge >= 0.3 is 5.97 Å². The first-order valence-electron chi connectivity index (χ1n) is 5.86. The molecule has 0 aliphatic rings. The number of aromatic nitrogens is 1. The van der Waals surface area contributed by atoms with E-state index in [1.807, 2.05) is 13.0 Å². The van der Waals surface area contributed by atoms with E-state index >= 15 is 0 Å². The van der Waals surface area contributed by atoms with Crippen molar-refractivity contribution in [2.24, 2.45) is 7.05 Å². The van der Waals surface area contributed by atoms with Crippen LogP contribution in [0.25, 0.3) is 0 Å². The first-order valence-corrected chi connectivity index (χ1v) is 6.66. The molecule has 0 fully saturated rings. The first kappa shape index (κ1) is 14.3. The van der Waals surface area contributed by atoms with E-state index in [1.54, 1.807) is 29.8 Å². The Hall–Kier alpha value is -2.08. The van der Waals surface area contributed by atoms with Gasteiger partial charge in [-0.2, -0.15) is 0 Å². The average Bonchev–Trinajstić information content (AvgIpc) is 2.72. The highest BCUT2D eigenvalue weighted by molar-refractivity contribution is 9.10. The van der Waals surface area contributed by atoms with Gasteiger partial charge in [-0.25, -0.2) is 4.79 Å². The Kier molecular flexibility index (Phi) is 3.94. The SMILES string of the molecule is Cc1ccc(C(=O)Nc2ccc(Br)c(C(=O)O)c2)n1C. The monoisotopic (exact) mass is 336 g/mol. The second-order valence-corrected chi connectivity index (χ2v) is 5.23. The molecule has 0 aliphatic heterocycles. The first-order chi connectivity index (χ1) is 9.40. The zero-order chi connectivity index (χ0) is 14.9. The van der Waals surface area contributed by atoms with Gasteiger partial charge in [-0.15, -0.1) is 0 Å². The largest absolute Gasteiger partial charge is 0.478 e. The van der Waals surface area contributed by atoms with Crippen molar-refractivity contribution in [2.45, 2.75) is 6.92 Å². The van der Waals surface area contributed by atoms with Gasteiger partial charge < -0.3 is 15.0 Å². The number of aromatic carboxylic acids is 1. The van der Waals surface area contributed by atoms with Crippen LogP contribution >= 0.6 is 15.9 Å². The minimum atomic E-state index is -1.05. The molecule has 0 unspecified atom stereocenters. The van der Waals surface area contributed by atoms with E-state index in [0.717, 1.165) is 5.69 Å². The van der Waals surface area contributed by atoms with Crippen LogP contribution in [0.5, 0.6) is 0 Å². The number of rotatable bonds is 3. The third kappa shape index (κ3) is 2.75. The lowest BCUT2D eigenvalue weighted by atomic mass is 10.2. The molecule has 104 valence electrons. The lowest BCUT2D eigenvalue weighted by Gasteiger charge is -2.08. The van der Waals surface area contributed by atoms with Crippen LogP contribution in [-0.2, 0) is 7.05 Å². The number of halogens is 1. The minimum absolute atomic E-state index is 0.103. The molecule has 0 aliphatic carbocycles. The maximum absolute atomic E-state index is 12.1. The van der Waals surface area contributed by atoms with Crippen LogP contribution in [0.3, 0.4) is 0 Å². The lowest BCUT2D eigenvalue weighted by Crippen LogP contribution is -2.16. The number of hydrogen-bond acceptors (Lipinski definition) is 2. The number of carboxylic acid groups (broad SMARTS) is 1. The van der Waals surface area contributed by atoms with Gasteiger partial charge in [0.25, 0.3) is 5.91 Å². The number of nitrogens with one attached hydrogen (secondary N) is 1. The van der Waals surface area contributed by atoms with Gasteiger partial charge in [0.2, 0.25) is 0 Å². The van der Waals surface area contributed by atoms with Crippen LogP contribution < -0.4 is 5.32 Å². The zero-order valence-corrected chi connectivity index (χ0v) is 12.6. The maximum Gasteiger partial charge on any atom is 0.336 e. The van der Waals surface area contributed by atoms with E-state index in [0.29, 0.717) is 15.9 Å². The highest BCUT2D eigenvalue weighted by Crippen LogP contribution is 2.21. The number of benzene rings is 1. The molecule has 1 aromatic carbocycles. The zero-order valence-electron chi connectivity index (χ0n) is 11.0. The molecule has 2 rings (SSSR count). The fourth-order valence-corrected chi connectivity index (χ4v) is 2.22. The van der Waals surface area contributed by atoms with Crippen molar-refractivity contribution >= 4 is 33.5 Å². The van der Waals surface area contributed by atoms with Crippen LogP contribution in [0.15, 0.2) is 34.8 Å². The number of hydrogen-bond donors (Lipinski definition) is 2. The molecule has 0 saturated heterocycles. The fraction of sp³-hybridized carbons (Fsp3) is 0.143. The van der Waals surface area contributed by atoms with Gasteiger partial charge in [0.05, 0.1) is 5.56 Å². The Morgan fingerprint density at radius 2 is 1.95 bits per heavy atom. The van der Waals surface area contributed by atoms with E-state index in [-0.39, 0.29) is 11.5 Å². The van der Waals surface area contributed by atoms with Gasteiger partial charge in [-0.1, -0.05) is 0 Å². The average molecular weight is 337 g/mol. The van der Waals surface area contributed by atoms with E-state index < -0.39 is 5.97 Å². The molecule has 0 bridgehead atoms. The number of nitrogens with zero attached hydrogens (tertiary/aromatic N) is 1. The molecular weight excluding hydrogens is 324 g/mol. The van der Waals surface area contributed by atoms with Crippen molar-refractivity contribution in [3.8, 4) is 0 Å². The summed E-state index contributed by atoms with van der Waals surface area (Å²) >= 11 is 3.16. The second kappa shape index (κ2) is 5.50. The number of anilines is 1. The quantitative estimate of drug-likeness (QED) is 0.904. The fourth-order valence-electron chi connectivity index (χ4n) is 1.80. The van der Waals surface area contributed by atoms with E-state index in [4.69, 9.17) is 5.11 Å². The summed E-state index contributed by atoms with van der Waals surface area (Å²) < 4.78 is 2.24. The Morgan fingerprint density at radius 1 is 1.25 bits per heavy atom. The van der Waals surface area contributed by atoms with E-state index in [1.165, 1.54) is 6.07 Å². The highest BCUT2D eigenvalue weighted by Gasteiger charge is 2.13. The lowest BCUT2D eigenvalue weighted by molar-refractivity contribution is 0.0695. The molecule has 0 spiro atoms.